The smallest absolute Gasteiger partial charge is 0.410 e. The SMILES string of the molecule is CN1CCC[C@H]1COc1nc2c(c(N3C[C@H]4CC[C@@H](C3)N4C(=O)OC(C)(C)C)n1)CCN(c1cccc3cccc(CCC#N)c13)C2. The number of piperazine rings is 1. The highest BCUT2D eigenvalue weighted by molar-refractivity contribution is 5.97. The fourth-order valence-electron chi connectivity index (χ4n) is 8.03. The molecule has 3 atom stereocenters. The normalized spacial score (nSPS) is 22.8. The molecule has 1 aromatic heterocycles. The van der Waals surface area contributed by atoms with E-state index in [1.54, 1.807) is 0 Å². The summed E-state index contributed by atoms with van der Waals surface area (Å²) < 4.78 is 12.2. The minimum atomic E-state index is -0.522. The molecule has 4 aliphatic rings. The first kappa shape index (κ1) is 31.5. The topological polar surface area (TPSA) is 98.1 Å². The number of benzene rings is 2. The Labute approximate surface area is 278 Å². The van der Waals surface area contributed by atoms with Gasteiger partial charge in [-0.3, -0.25) is 4.90 Å². The lowest BCUT2D eigenvalue weighted by atomic mass is 9.97. The van der Waals surface area contributed by atoms with Crippen LogP contribution in [0.3, 0.4) is 0 Å². The van der Waals surface area contributed by atoms with Crippen molar-refractivity contribution < 1.29 is 14.3 Å². The van der Waals surface area contributed by atoms with Gasteiger partial charge in [0.2, 0.25) is 0 Å². The van der Waals surface area contributed by atoms with Crippen molar-refractivity contribution >= 4 is 28.4 Å². The lowest BCUT2D eigenvalue weighted by Gasteiger charge is -2.43. The van der Waals surface area contributed by atoms with Crippen LogP contribution in [0.15, 0.2) is 36.4 Å². The maximum Gasteiger partial charge on any atom is 0.410 e. The van der Waals surface area contributed by atoms with Crippen molar-refractivity contribution in [3.8, 4) is 12.1 Å². The van der Waals surface area contributed by atoms with Gasteiger partial charge in [0.15, 0.2) is 0 Å². The fraction of sp³-hybridized carbons (Fsp3) is 0.568. The number of rotatable bonds is 7. The molecule has 2 aromatic carbocycles. The molecular weight excluding hydrogens is 590 g/mol. The number of aromatic nitrogens is 2. The van der Waals surface area contributed by atoms with Crippen LogP contribution in [0.25, 0.3) is 10.8 Å². The third-order valence-electron chi connectivity index (χ3n) is 10.3. The van der Waals surface area contributed by atoms with E-state index >= 15 is 0 Å². The monoisotopic (exact) mass is 637 g/mol. The summed E-state index contributed by atoms with van der Waals surface area (Å²) in [6.07, 6.45) is 6.06. The van der Waals surface area contributed by atoms with Gasteiger partial charge in [-0.1, -0.05) is 30.3 Å². The summed E-state index contributed by atoms with van der Waals surface area (Å²) in [5, 5.41) is 11.7. The molecule has 1 amide bonds. The van der Waals surface area contributed by atoms with Gasteiger partial charge in [0.05, 0.1) is 30.4 Å². The predicted molar refractivity (Wildman–Crippen MR) is 183 cm³/mol. The second kappa shape index (κ2) is 12.8. The third kappa shape index (κ3) is 6.42. The number of aryl methyl sites for hydroxylation is 1. The van der Waals surface area contributed by atoms with Crippen LogP contribution in [0.1, 0.15) is 69.7 Å². The number of amides is 1. The van der Waals surface area contributed by atoms with Gasteiger partial charge in [0, 0.05) is 48.7 Å². The van der Waals surface area contributed by atoms with Crippen LogP contribution in [-0.2, 0) is 24.1 Å². The van der Waals surface area contributed by atoms with E-state index in [4.69, 9.17) is 19.4 Å². The number of hydrogen-bond acceptors (Lipinski definition) is 9. The van der Waals surface area contributed by atoms with Gasteiger partial charge >= 0.3 is 12.1 Å². The van der Waals surface area contributed by atoms with E-state index < -0.39 is 5.60 Å². The molecule has 248 valence electrons. The van der Waals surface area contributed by atoms with Crippen molar-refractivity contribution in [3.63, 3.8) is 0 Å². The molecule has 10 nitrogen and oxygen atoms in total. The number of likely N-dealkylation sites (N-methyl/N-ethyl adjacent to an activating group) is 1. The van der Waals surface area contributed by atoms with Gasteiger partial charge in [-0.25, -0.2) is 4.79 Å². The summed E-state index contributed by atoms with van der Waals surface area (Å²) in [4.78, 5) is 32.5. The Kier molecular flexibility index (Phi) is 8.60. The number of carbonyl (C=O) groups is 1. The van der Waals surface area contributed by atoms with Crippen LogP contribution < -0.4 is 14.5 Å². The van der Waals surface area contributed by atoms with E-state index in [0.717, 1.165) is 69.8 Å². The van der Waals surface area contributed by atoms with Crippen molar-refractivity contribution in [1.29, 1.82) is 5.26 Å². The molecule has 47 heavy (non-hydrogen) atoms. The molecule has 10 heteroatoms. The number of carbonyl (C=O) groups excluding carboxylic acids is 1. The van der Waals surface area contributed by atoms with Gasteiger partial charge in [0.1, 0.15) is 18.0 Å². The van der Waals surface area contributed by atoms with Crippen molar-refractivity contribution in [2.75, 3.05) is 49.6 Å². The molecule has 0 radical (unpaired) electrons. The van der Waals surface area contributed by atoms with Crippen LogP contribution in [0.4, 0.5) is 16.3 Å². The summed E-state index contributed by atoms with van der Waals surface area (Å²) >= 11 is 0. The van der Waals surface area contributed by atoms with Gasteiger partial charge in [-0.15, -0.1) is 0 Å². The second-order valence-corrected chi connectivity index (χ2v) is 14.6. The standard InChI is InChI=1S/C37H47N7O3/c1-37(2,3)47-36(45)44-27-15-16-28(44)22-43(21-27)34-30-17-20-42(23-31(30)39-35(40-34)46-24-29-13-8-19-41(29)4)32-14-6-11-25-9-5-10-26(33(25)32)12-7-18-38/h5-6,9-11,14,27-29H,7-8,12-13,15-17,19-24H2,1-4H3/t27-,28+,29-/m0/s1. The molecule has 0 N–H and O–H groups in total. The van der Waals surface area contributed by atoms with Crippen LogP contribution in [-0.4, -0.2) is 89.4 Å². The molecule has 0 saturated carbocycles. The van der Waals surface area contributed by atoms with Crippen LogP contribution in [0.2, 0.25) is 0 Å². The minimum absolute atomic E-state index is 0.0910. The maximum atomic E-state index is 13.2. The zero-order valence-corrected chi connectivity index (χ0v) is 28.2. The van der Waals surface area contributed by atoms with Gasteiger partial charge in [0.25, 0.3) is 0 Å². The van der Waals surface area contributed by atoms with Crippen LogP contribution in [0.5, 0.6) is 6.01 Å². The summed E-state index contributed by atoms with van der Waals surface area (Å²) in [7, 11) is 2.16. The summed E-state index contributed by atoms with van der Waals surface area (Å²) in [6.45, 7) is 10.4. The number of anilines is 2. The minimum Gasteiger partial charge on any atom is -0.462 e. The highest BCUT2D eigenvalue weighted by atomic mass is 16.6. The molecule has 3 fully saturated rings. The fourth-order valence-corrected chi connectivity index (χ4v) is 8.03. The Balaban J connectivity index is 1.20. The Morgan fingerprint density at radius 3 is 2.49 bits per heavy atom. The first-order valence-corrected chi connectivity index (χ1v) is 17.3. The first-order chi connectivity index (χ1) is 22.7. The molecule has 2 bridgehead atoms. The van der Waals surface area contributed by atoms with Crippen LogP contribution >= 0.6 is 0 Å². The average molecular weight is 638 g/mol. The van der Waals surface area contributed by atoms with Gasteiger partial charge < -0.3 is 24.2 Å². The number of nitriles is 1. The zero-order valence-electron chi connectivity index (χ0n) is 28.2. The van der Waals surface area contributed by atoms with Crippen molar-refractivity contribution in [1.82, 2.24) is 19.8 Å². The van der Waals surface area contributed by atoms with E-state index in [9.17, 15) is 10.1 Å². The Hall–Kier alpha value is -4.10. The first-order valence-electron chi connectivity index (χ1n) is 17.3. The van der Waals surface area contributed by atoms with Crippen molar-refractivity contribution in [2.45, 2.75) is 96.0 Å². The quantitative estimate of drug-likeness (QED) is 0.323. The third-order valence-corrected chi connectivity index (χ3v) is 10.3. The Bertz CT molecular complexity index is 1660. The lowest BCUT2D eigenvalue weighted by molar-refractivity contribution is 0.0122. The van der Waals surface area contributed by atoms with E-state index in [0.29, 0.717) is 31.6 Å². The van der Waals surface area contributed by atoms with E-state index in [-0.39, 0.29) is 18.2 Å². The largest absolute Gasteiger partial charge is 0.462 e. The van der Waals surface area contributed by atoms with Crippen LogP contribution in [0, 0.1) is 11.3 Å². The number of ether oxygens (including phenoxy) is 2. The molecule has 3 aromatic rings. The van der Waals surface area contributed by atoms with Gasteiger partial charge in [-0.2, -0.15) is 15.2 Å². The van der Waals surface area contributed by atoms with E-state index in [1.165, 1.54) is 34.0 Å². The molecule has 0 aliphatic carbocycles. The van der Waals surface area contributed by atoms with Gasteiger partial charge in [-0.05, 0) is 89.9 Å². The molecular formula is C37H47N7O3. The average Bonchev–Trinajstić information content (AvgIpc) is 3.59. The lowest BCUT2D eigenvalue weighted by Crippen LogP contribution is -2.57. The van der Waals surface area contributed by atoms with E-state index in [1.807, 2.05) is 25.7 Å². The highest BCUT2D eigenvalue weighted by Crippen LogP contribution is 2.39. The zero-order chi connectivity index (χ0) is 32.7. The number of hydrogen-bond donors (Lipinski definition) is 0. The van der Waals surface area contributed by atoms with E-state index in [2.05, 4.69) is 64.2 Å². The number of likely N-dealkylation sites (tertiary alicyclic amines) is 1. The molecule has 0 spiro atoms. The number of nitrogens with zero attached hydrogens (tertiary/aromatic N) is 7. The van der Waals surface area contributed by atoms with Crippen molar-refractivity contribution in [2.24, 2.45) is 0 Å². The summed E-state index contributed by atoms with van der Waals surface area (Å²) in [5.41, 5.74) is 4.05. The summed E-state index contributed by atoms with van der Waals surface area (Å²) in [6, 6.07) is 16.2. The molecule has 4 aliphatic heterocycles. The van der Waals surface area contributed by atoms with Crippen molar-refractivity contribution in [3.05, 3.63) is 53.2 Å². The molecule has 7 rings (SSSR count). The molecule has 3 saturated heterocycles. The Morgan fingerprint density at radius 2 is 1.79 bits per heavy atom. The summed E-state index contributed by atoms with van der Waals surface area (Å²) in [5.74, 6) is 0.956. The highest BCUT2D eigenvalue weighted by Gasteiger charge is 2.45. The maximum absolute atomic E-state index is 13.2. The predicted octanol–water partition coefficient (Wildman–Crippen LogP) is 5.71. The Morgan fingerprint density at radius 1 is 1.02 bits per heavy atom. The second-order valence-electron chi connectivity index (χ2n) is 14.6. The molecule has 0 unspecified atom stereocenters. The molecule has 5 heterocycles. The number of fused-ring (bicyclic) bond motifs is 4.